The molecule has 5 atom stereocenters. The second-order valence-electron chi connectivity index (χ2n) is 25.4. The van der Waals surface area contributed by atoms with Crippen molar-refractivity contribution in [3.05, 3.63) is 163 Å². The zero-order valence-electron chi connectivity index (χ0n) is 59.4. The van der Waals surface area contributed by atoms with Gasteiger partial charge in [0.25, 0.3) is 27.8 Å². The molecule has 5 heterocycles. The third kappa shape index (κ3) is 28.0. The summed E-state index contributed by atoms with van der Waals surface area (Å²) < 4.78 is 4.68. The fourth-order valence-electron chi connectivity index (χ4n) is 10.7. The summed E-state index contributed by atoms with van der Waals surface area (Å²) in [5.74, 6) is -7.93. The summed E-state index contributed by atoms with van der Waals surface area (Å²) in [7, 11) is 0. The van der Waals surface area contributed by atoms with Crippen molar-refractivity contribution in [3.63, 3.8) is 0 Å². The monoisotopic (exact) mass is 1490 g/mol. The summed E-state index contributed by atoms with van der Waals surface area (Å²) in [5.41, 5.74) is -1.36. The van der Waals surface area contributed by atoms with Gasteiger partial charge in [-0.05, 0) is 137 Å². The molecule has 9 amide bonds. The van der Waals surface area contributed by atoms with Crippen molar-refractivity contribution in [1.29, 1.82) is 0 Å². The van der Waals surface area contributed by atoms with Crippen LogP contribution >= 0.6 is 0 Å². The fraction of sp³-hybridized carbons (Fsp3) is 0.538. The van der Waals surface area contributed by atoms with Crippen LogP contribution in [-0.4, -0.2) is 175 Å². The number of carbonyl (C=O) groups excluding carboxylic acids is 9. The van der Waals surface area contributed by atoms with Gasteiger partial charge in [-0.2, -0.15) is 0 Å². The molecule has 106 heavy (non-hydrogen) atoms. The summed E-state index contributed by atoms with van der Waals surface area (Å²) in [6, 6.07) is -6.20. The van der Waals surface area contributed by atoms with E-state index in [4.69, 9.17) is 5.73 Å². The minimum Gasteiger partial charge on any atom is -0.480 e. The number of hydrogen-bond donors (Lipinski definition) is 16. The number of aromatic amines is 5. The Hall–Kier alpha value is -11.9. The molecule has 5 aromatic rings. The van der Waals surface area contributed by atoms with Crippen LogP contribution in [0.2, 0.25) is 0 Å². The number of carbonyl (C=O) groups is 10. The highest BCUT2D eigenvalue weighted by Gasteiger charge is 2.27. The lowest BCUT2D eigenvalue weighted by Crippen LogP contribution is -2.49. The molecule has 0 aliphatic carbocycles. The summed E-state index contributed by atoms with van der Waals surface area (Å²) in [6.07, 6.45) is 8.24. The first-order valence-electron chi connectivity index (χ1n) is 34.3. The van der Waals surface area contributed by atoms with Crippen molar-refractivity contribution < 1.29 is 53.1 Å². The SMILES string of the molecule is Cc1cn(CC(=O)N[C@@H](CCCCNC(=O)[C@H](CCCCNC(=O)[C@H](CCCCNC(=O)[C@H](CCCCNC(=O)[C@H](CCCCN)NC(=O)Cn2cc(C)c(=O)[nH]c2=O)NC(=O)Cn2cc(C)c(=O)[nH]c2=O)NC(=O)Cn2cc(C)c(=O)[nH]c2=O)NC(=O)Cn2cc(C)c(=O)[nH]c2=O)C(=O)O)c(=O)[nH]c1=O. The Morgan fingerprint density at radius 1 is 0.321 bits per heavy atom. The van der Waals surface area contributed by atoms with Crippen LogP contribution in [0.4, 0.5) is 0 Å². The lowest BCUT2D eigenvalue weighted by atomic mass is 10.1. The van der Waals surface area contributed by atoms with E-state index in [-0.39, 0.29) is 137 Å². The second kappa shape index (κ2) is 42.0. The molecule has 0 aliphatic rings. The Bertz CT molecular complexity index is 4630. The highest BCUT2D eigenvalue weighted by molar-refractivity contribution is 5.90. The van der Waals surface area contributed by atoms with Crippen LogP contribution in [0.5, 0.6) is 0 Å². The first-order valence-corrected chi connectivity index (χ1v) is 34.3. The molecule has 41 nitrogen and oxygen atoms in total. The number of rotatable bonds is 44. The van der Waals surface area contributed by atoms with E-state index >= 15 is 0 Å². The number of nitrogens with two attached hydrogens (primary N) is 1. The van der Waals surface area contributed by atoms with Crippen molar-refractivity contribution >= 4 is 59.1 Å². The molecule has 5 aromatic heterocycles. The van der Waals surface area contributed by atoms with Crippen molar-refractivity contribution in [3.8, 4) is 0 Å². The molecule has 0 aromatic carbocycles. The van der Waals surface area contributed by atoms with Crippen LogP contribution in [0.1, 0.15) is 124 Å². The van der Waals surface area contributed by atoms with Crippen molar-refractivity contribution in [2.24, 2.45) is 5.73 Å². The Labute approximate surface area is 601 Å². The Morgan fingerprint density at radius 2 is 0.509 bits per heavy atom. The normalized spacial score (nSPS) is 12.5. The highest BCUT2D eigenvalue weighted by atomic mass is 16.4. The van der Waals surface area contributed by atoms with E-state index in [0.717, 1.165) is 41.4 Å². The molecule has 17 N–H and O–H groups in total. The summed E-state index contributed by atoms with van der Waals surface area (Å²) in [6.45, 7) is 4.38. The molecule has 0 spiro atoms. The molecule has 41 heteroatoms. The average Bonchev–Trinajstić information content (AvgIpc) is 0.867. The molecule has 0 saturated heterocycles. The molecular weight excluding hydrogens is 1400 g/mol. The van der Waals surface area contributed by atoms with Gasteiger partial charge in [0.15, 0.2) is 0 Å². The van der Waals surface area contributed by atoms with E-state index in [9.17, 15) is 101 Å². The number of nitrogens with zero attached hydrogens (tertiary/aromatic N) is 5. The number of H-pyrrole nitrogens is 5. The van der Waals surface area contributed by atoms with Gasteiger partial charge < -0.3 is 58.7 Å². The van der Waals surface area contributed by atoms with Crippen LogP contribution < -0.4 is 110 Å². The van der Waals surface area contributed by atoms with Crippen LogP contribution in [0.3, 0.4) is 0 Å². The summed E-state index contributed by atoms with van der Waals surface area (Å²) in [5, 5.41) is 33.4. The number of nitrogens with one attached hydrogen (secondary N) is 14. The predicted molar refractivity (Wildman–Crippen MR) is 378 cm³/mol. The molecule has 0 fully saturated rings. The van der Waals surface area contributed by atoms with E-state index in [0.29, 0.717) is 19.4 Å². The van der Waals surface area contributed by atoms with E-state index < -0.39 is 178 Å². The van der Waals surface area contributed by atoms with E-state index in [1.165, 1.54) is 47.0 Å². The Kier molecular flexibility index (Phi) is 33.6. The van der Waals surface area contributed by atoms with Gasteiger partial charge in [0.2, 0.25) is 53.2 Å². The molecule has 0 bridgehead atoms. The van der Waals surface area contributed by atoms with Crippen molar-refractivity contribution in [2.75, 3.05) is 32.7 Å². The van der Waals surface area contributed by atoms with Gasteiger partial charge >= 0.3 is 34.4 Å². The molecule has 5 rings (SSSR count). The summed E-state index contributed by atoms with van der Waals surface area (Å²) >= 11 is 0. The van der Waals surface area contributed by atoms with E-state index in [1.807, 2.05) is 4.98 Å². The maximum atomic E-state index is 14.0. The number of carboxylic acids is 1. The number of carboxylic acid groups (broad SMARTS) is 1. The number of aliphatic carboxylic acids is 1. The van der Waals surface area contributed by atoms with Crippen LogP contribution in [-0.2, 0) is 80.7 Å². The van der Waals surface area contributed by atoms with Crippen molar-refractivity contribution in [1.82, 2.24) is 95.6 Å². The number of amides is 9. The zero-order chi connectivity index (χ0) is 78.3. The van der Waals surface area contributed by atoms with Crippen molar-refractivity contribution in [2.45, 2.75) is 194 Å². The minimum atomic E-state index is -1.40. The Balaban J connectivity index is 1.21. The third-order valence-electron chi connectivity index (χ3n) is 16.6. The molecule has 0 aliphatic heterocycles. The van der Waals surface area contributed by atoms with E-state index in [2.05, 4.69) is 67.8 Å². The predicted octanol–water partition coefficient (Wildman–Crippen LogP) is -6.94. The first-order chi connectivity index (χ1) is 50.2. The van der Waals surface area contributed by atoms with Crippen LogP contribution in [0, 0.1) is 34.6 Å². The van der Waals surface area contributed by atoms with Crippen LogP contribution in [0.25, 0.3) is 0 Å². The Morgan fingerprint density at radius 3 is 0.708 bits per heavy atom. The van der Waals surface area contributed by atoms with Gasteiger partial charge in [0.05, 0.1) is 0 Å². The quantitative estimate of drug-likeness (QED) is 0.0161. The van der Waals surface area contributed by atoms with Crippen LogP contribution in [0.15, 0.2) is 78.9 Å². The number of aryl methyl sites for hydroxylation is 5. The molecular formula is C65H92N20O21. The fourth-order valence-corrected chi connectivity index (χ4v) is 10.7. The van der Waals surface area contributed by atoms with Gasteiger partial charge in [0, 0.05) is 85.0 Å². The number of aromatic nitrogens is 10. The lowest BCUT2D eigenvalue weighted by molar-refractivity contribution is -0.142. The number of unbranched alkanes of at least 4 members (excludes halogenated alkanes) is 5. The van der Waals surface area contributed by atoms with Gasteiger partial charge in [-0.1, -0.05) is 0 Å². The van der Waals surface area contributed by atoms with Gasteiger partial charge in [-0.3, -0.25) is 115 Å². The second-order valence-corrected chi connectivity index (χ2v) is 25.4. The largest absolute Gasteiger partial charge is 0.480 e. The molecule has 0 saturated carbocycles. The first kappa shape index (κ1) is 84.7. The van der Waals surface area contributed by atoms with Gasteiger partial charge in [-0.25, -0.2) is 28.8 Å². The molecule has 578 valence electrons. The summed E-state index contributed by atoms with van der Waals surface area (Å²) in [4.78, 5) is 266. The lowest BCUT2D eigenvalue weighted by Gasteiger charge is -2.21. The molecule has 0 radical (unpaired) electrons. The van der Waals surface area contributed by atoms with E-state index in [1.54, 1.807) is 0 Å². The maximum absolute atomic E-state index is 14.0. The molecule has 0 unspecified atom stereocenters. The smallest absolute Gasteiger partial charge is 0.328 e. The zero-order valence-corrected chi connectivity index (χ0v) is 59.4. The van der Waals surface area contributed by atoms with Gasteiger partial charge in [0.1, 0.15) is 62.9 Å². The highest BCUT2D eigenvalue weighted by Crippen LogP contribution is 2.09. The average molecular weight is 1490 g/mol. The van der Waals surface area contributed by atoms with Gasteiger partial charge in [-0.15, -0.1) is 0 Å². The maximum Gasteiger partial charge on any atom is 0.328 e. The number of hydrogen-bond acceptors (Lipinski definition) is 21. The standard InChI is InChI=1S/C65H92N20O21/c1-36-26-81(61(102)76-51(36)91)31-46(86)71-41(16-6-11-21-66)56(96)67-22-12-7-17-42(72-47(87)32-82-27-37(2)52(92)77-62(82)103)57(97)68-23-13-8-18-43(73-48(88)33-83-28-38(3)53(93)78-63(83)104)58(98)69-24-14-9-19-44(74-49(89)34-84-29-39(4)54(94)79-64(84)105)59(99)70-25-15-10-20-45(60(100)101)75-50(90)35-85-30-40(5)55(95)80-65(85)106/h26-30,41-45H,6-25,31-35,66H2,1-5H3,(H,67,96)(H,68,97)(H,69,98)(H,70,99)(H,71,86)(H,72,87)(H,73,88)(H,74,89)(H,75,90)(H,100,101)(H,76,91,102)(H,77,92,103)(H,78,93,104)(H,79,94,105)(H,80,95,106)/t41-,42-,43-,44-,45-/m0/s1. The topological polar surface area (TPSA) is 600 Å². The minimum absolute atomic E-state index is 0.00820. The third-order valence-corrected chi connectivity index (χ3v) is 16.6.